The molecule has 7 N–H and O–H groups in total. The average Bonchev–Trinajstić information content (AvgIpc) is 2.60. The first-order chi connectivity index (χ1) is 13.4. The Kier molecular flexibility index (Phi) is 5.83. The molecule has 150 valence electrons. The van der Waals surface area contributed by atoms with Gasteiger partial charge in [0.15, 0.2) is 11.6 Å². The van der Waals surface area contributed by atoms with Gasteiger partial charge in [-0.05, 0) is 24.1 Å². The quantitative estimate of drug-likeness (QED) is 0.389. The van der Waals surface area contributed by atoms with E-state index in [1.165, 1.54) is 11.3 Å². The molecule has 0 saturated heterocycles. The molecule has 10 nitrogen and oxygen atoms in total. The molecule has 0 fully saturated rings. The first-order valence-corrected chi connectivity index (χ1v) is 8.85. The topological polar surface area (TPSA) is 141 Å². The van der Waals surface area contributed by atoms with Crippen molar-refractivity contribution in [1.82, 2.24) is 25.6 Å². The van der Waals surface area contributed by atoms with Gasteiger partial charge in [-0.25, -0.2) is 4.98 Å². The number of aromatic nitrogens is 2. The van der Waals surface area contributed by atoms with Crippen LogP contribution in [0.1, 0.15) is 30.9 Å². The lowest BCUT2D eigenvalue weighted by Gasteiger charge is -2.31. The summed E-state index contributed by atoms with van der Waals surface area (Å²) in [5, 5.41) is 3.33. The van der Waals surface area contributed by atoms with Crippen LogP contribution < -0.4 is 32.3 Å². The summed E-state index contributed by atoms with van der Waals surface area (Å²) < 4.78 is 11.6. The highest BCUT2D eigenvalue weighted by atomic mass is 16.5. The van der Waals surface area contributed by atoms with Crippen LogP contribution in [0, 0.1) is 0 Å². The van der Waals surface area contributed by atoms with Gasteiger partial charge < -0.3 is 20.9 Å². The number of nitrogens with zero attached hydrogens (tertiary/aromatic N) is 4. The molecule has 0 aliphatic carbocycles. The van der Waals surface area contributed by atoms with E-state index in [4.69, 9.17) is 26.8 Å². The van der Waals surface area contributed by atoms with Gasteiger partial charge in [0.1, 0.15) is 11.5 Å². The normalized spacial score (nSPS) is 13.1. The Balaban J connectivity index is 1.91. The third kappa shape index (κ3) is 4.42. The second-order valence-electron chi connectivity index (χ2n) is 6.70. The Morgan fingerprint density at radius 2 is 2.00 bits per heavy atom. The zero-order chi connectivity index (χ0) is 20.3. The number of benzene rings is 1. The first-order valence-electron chi connectivity index (χ1n) is 8.85. The number of anilines is 2. The molecule has 0 unspecified atom stereocenters. The minimum absolute atomic E-state index is 0.0919. The number of nitrogens with two attached hydrogens (primary N) is 3. The average molecular weight is 386 g/mol. The molecular weight excluding hydrogens is 360 g/mol. The van der Waals surface area contributed by atoms with Gasteiger partial charge in [0.05, 0.1) is 26.4 Å². The molecule has 2 heterocycles. The number of rotatable bonds is 8. The third-order valence-electron chi connectivity index (χ3n) is 4.24. The lowest BCUT2D eigenvalue weighted by atomic mass is 9.99. The van der Waals surface area contributed by atoms with Crippen molar-refractivity contribution in [3.63, 3.8) is 0 Å². The SMILES string of the molecule is COc1cc(C(C)C)c(Oc2cnc(N)nc2N)cc1CN(N)NN1C=CC1. The monoisotopic (exact) mass is 386 g/mol. The Morgan fingerprint density at radius 3 is 2.57 bits per heavy atom. The van der Waals surface area contributed by atoms with Gasteiger partial charge >= 0.3 is 0 Å². The molecule has 10 heteroatoms. The summed E-state index contributed by atoms with van der Waals surface area (Å²) in [5.41, 5.74) is 16.3. The molecule has 0 atom stereocenters. The molecule has 28 heavy (non-hydrogen) atoms. The Morgan fingerprint density at radius 1 is 1.25 bits per heavy atom. The van der Waals surface area contributed by atoms with Gasteiger partial charge in [0.25, 0.3) is 0 Å². The highest BCUT2D eigenvalue weighted by molar-refractivity contribution is 5.53. The Bertz CT molecular complexity index is 871. The van der Waals surface area contributed by atoms with E-state index in [1.807, 2.05) is 29.4 Å². The van der Waals surface area contributed by atoms with Gasteiger partial charge in [-0.3, -0.25) is 10.9 Å². The van der Waals surface area contributed by atoms with Crippen molar-refractivity contribution in [3.05, 3.63) is 41.7 Å². The van der Waals surface area contributed by atoms with Gasteiger partial charge in [-0.2, -0.15) is 15.6 Å². The summed E-state index contributed by atoms with van der Waals surface area (Å²) in [6, 6.07) is 3.83. The van der Waals surface area contributed by atoms with E-state index in [-0.39, 0.29) is 17.7 Å². The van der Waals surface area contributed by atoms with Crippen LogP contribution in [0.15, 0.2) is 30.6 Å². The predicted octanol–water partition coefficient (Wildman–Crippen LogP) is 1.49. The van der Waals surface area contributed by atoms with Gasteiger partial charge in [0, 0.05) is 17.3 Å². The number of methoxy groups -OCH3 is 1. The number of hydrazine groups is 3. The summed E-state index contributed by atoms with van der Waals surface area (Å²) in [6.45, 7) is 5.31. The van der Waals surface area contributed by atoms with Crippen molar-refractivity contribution < 1.29 is 9.47 Å². The minimum atomic E-state index is 0.0919. The fraction of sp³-hybridized carbons (Fsp3) is 0.333. The highest BCUT2D eigenvalue weighted by Crippen LogP contribution is 2.37. The van der Waals surface area contributed by atoms with Gasteiger partial charge in [0.2, 0.25) is 5.95 Å². The second kappa shape index (κ2) is 8.30. The van der Waals surface area contributed by atoms with Crippen molar-refractivity contribution in [2.24, 2.45) is 5.84 Å². The second-order valence-corrected chi connectivity index (χ2v) is 6.70. The molecular formula is C18H26N8O2. The number of nitrogen functional groups attached to an aromatic ring is 2. The lowest BCUT2D eigenvalue weighted by molar-refractivity contribution is 0.0461. The van der Waals surface area contributed by atoms with E-state index in [0.29, 0.717) is 23.8 Å². The Labute approximate surface area is 163 Å². The van der Waals surface area contributed by atoms with E-state index in [1.54, 1.807) is 7.11 Å². The van der Waals surface area contributed by atoms with Crippen LogP contribution in [0.5, 0.6) is 17.2 Å². The fourth-order valence-electron chi connectivity index (χ4n) is 2.74. The van der Waals surface area contributed by atoms with E-state index < -0.39 is 0 Å². The van der Waals surface area contributed by atoms with Crippen molar-refractivity contribution in [2.75, 3.05) is 25.1 Å². The molecule has 1 aromatic carbocycles. The van der Waals surface area contributed by atoms with Crippen LogP contribution in [0.2, 0.25) is 0 Å². The van der Waals surface area contributed by atoms with Crippen LogP contribution >= 0.6 is 0 Å². The van der Waals surface area contributed by atoms with Gasteiger partial charge in [-0.1, -0.05) is 13.8 Å². The lowest BCUT2D eigenvalue weighted by Crippen LogP contribution is -2.52. The molecule has 2 aromatic rings. The van der Waals surface area contributed by atoms with Crippen molar-refractivity contribution in [2.45, 2.75) is 26.3 Å². The fourth-order valence-corrected chi connectivity index (χ4v) is 2.74. The summed E-state index contributed by atoms with van der Waals surface area (Å²) in [4.78, 5) is 7.89. The number of nitrogens with one attached hydrogen (secondary N) is 1. The number of hydrogen-bond donors (Lipinski definition) is 4. The van der Waals surface area contributed by atoms with Crippen molar-refractivity contribution in [1.29, 1.82) is 0 Å². The van der Waals surface area contributed by atoms with Crippen LogP contribution in [-0.2, 0) is 6.54 Å². The van der Waals surface area contributed by atoms with Crippen molar-refractivity contribution in [3.8, 4) is 17.2 Å². The minimum Gasteiger partial charge on any atom is -0.496 e. The van der Waals surface area contributed by atoms with Crippen molar-refractivity contribution >= 4 is 11.8 Å². The first kappa shape index (κ1) is 19.7. The molecule has 0 radical (unpaired) electrons. The molecule has 3 rings (SSSR count). The summed E-state index contributed by atoms with van der Waals surface area (Å²) in [7, 11) is 1.63. The number of hydrogen-bond acceptors (Lipinski definition) is 10. The summed E-state index contributed by atoms with van der Waals surface area (Å²) >= 11 is 0. The smallest absolute Gasteiger partial charge is 0.222 e. The largest absolute Gasteiger partial charge is 0.496 e. The standard InChI is InChI=1S/C18H26N8O2/c1-11(2)13-8-14(27-3)12(10-26(21)24-25-5-4-6-25)7-15(13)28-16-9-22-18(20)23-17(16)19/h4-5,7-9,11,24H,6,10,21H2,1-3H3,(H4,19,20,22,23). The van der Waals surface area contributed by atoms with E-state index in [9.17, 15) is 0 Å². The zero-order valence-electron chi connectivity index (χ0n) is 16.2. The molecule has 1 aliphatic rings. The summed E-state index contributed by atoms with van der Waals surface area (Å²) in [5.74, 6) is 8.21. The van der Waals surface area contributed by atoms with Gasteiger partial charge in [-0.15, -0.1) is 0 Å². The predicted molar refractivity (Wildman–Crippen MR) is 107 cm³/mol. The third-order valence-corrected chi connectivity index (χ3v) is 4.24. The molecule has 0 bridgehead atoms. The summed E-state index contributed by atoms with van der Waals surface area (Å²) in [6.07, 6.45) is 5.37. The van der Waals surface area contributed by atoms with Crippen LogP contribution in [0.25, 0.3) is 0 Å². The highest BCUT2D eigenvalue weighted by Gasteiger charge is 2.18. The molecule has 0 amide bonds. The molecule has 1 aromatic heterocycles. The molecule has 1 aliphatic heterocycles. The van der Waals surface area contributed by atoms with Crippen LogP contribution in [-0.4, -0.2) is 33.7 Å². The van der Waals surface area contributed by atoms with Crippen LogP contribution in [0.3, 0.4) is 0 Å². The Hall–Kier alpha value is -3.08. The number of ether oxygens (including phenoxy) is 2. The maximum atomic E-state index is 6.08. The van der Waals surface area contributed by atoms with Crippen LogP contribution in [0.4, 0.5) is 11.8 Å². The maximum absolute atomic E-state index is 6.08. The van der Waals surface area contributed by atoms with E-state index in [2.05, 4.69) is 29.4 Å². The zero-order valence-corrected chi connectivity index (χ0v) is 16.2. The van der Waals surface area contributed by atoms with E-state index in [0.717, 1.165) is 17.7 Å². The van der Waals surface area contributed by atoms with E-state index >= 15 is 0 Å². The maximum Gasteiger partial charge on any atom is 0.222 e. The molecule has 0 spiro atoms. The molecule has 0 saturated carbocycles.